The first-order valence-electron chi connectivity index (χ1n) is 10.1. The SMILES string of the molecule is CCc1cccc(N2C(=O)CS[C@H]2c2ccc(NC(=O)c3cccc([N+](=O)[O-])c3)cc2)c1. The van der Waals surface area contributed by atoms with Crippen molar-refractivity contribution in [2.75, 3.05) is 16.0 Å². The number of nitro benzene ring substituents is 1. The van der Waals surface area contributed by atoms with Crippen molar-refractivity contribution in [1.29, 1.82) is 0 Å². The van der Waals surface area contributed by atoms with Gasteiger partial charge in [-0.1, -0.05) is 37.3 Å². The Kier molecular flexibility index (Phi) is 6.23. The van der Waals surface area contributed by atoms with Gasteiger partial charge in [-0.2, -0.15) is 0 Å². The van der Waals surface area contributed by atoms with Crippen LogP contribution in [0, 0.1) is 10.1 Å². The Bertz CT molecular complexity index is 1180. The van der Waals surface area contributed by atoms with Gasteiger partial charge in [-0.15, -0.1) is 11.8 Å². The van der Waals surface area contributed by atoms with Crippen molar-refractivity contribution in [1.82, 2.24) is 0 Å². The van der Waals surface area contributed by atoms with Crippen LogP contribution in [0.1, 0.15) is 33.8 Å². The fourth-order valence-electron chi connectivity index (χ4n) is 3.57. The molecule has 7 nitrogen and oxygen atoms in total. The quantitative estimate of drug-likeness (QED) is 0.415. The molecule has 1 fully saturated rings. The van der Waals surface area contributed by atoms with Crippen LogP contribution in [0.2, 0.25) is 0 Å². The lowest BCUT2D eigenvalue weighted by Gasteiger charge is -2.25. The Morgan fingerprint density at radius 1 is 1.12 bits per heavy atom. The van der Waals surface area contributed by atoms with Crippen LogP contribution in [0.5, 0.6) is 0 Å². The number of aryl methyl sites for hydroxylation is 1. The summed E-state index contributed by atoms with van der Waals surface area (Å²) >= 11 is 1.57. The third-order valence-electron chi connectivity index (χ3n) is 5.24. The van der Waals surface area contributed by atoms with Crippen molar-refractivity contribution in [3.8, 4) is 0 Å². The molecule has 0 radical (unpaired) electrons. The molecule has 4 rings (SSSR count). The average Bonchev–Trinajstić information content (AvgIpc) is 3.21. The molecule has 2 amide bonds. The highest BCUT2D eigenvalue weighted by atomic mass is 32.2. The zero-order valence-electron chi connectivity index (χ0n) is 17.4. The molecular formula is C24H21N3O4S. The van der Waals surface area contributed by atoms with E-state index in [-0.39, 0.29) is 22.5 Å². The first kappa shape index (κ1) is 21.6. The second-order valence-corrected chi connectivity index (χ2v) is 8.40. The van der Waals surface area contributed by atoms with Crippen molar-refractivity contribution in [2.45, 2.75) is 18.7 Å². The summed E-state index contributed by atoms with van der Waals surface area (Å²) in [6, 6.07) is 20.9. The Morgan fingerprint density at radius 3 is 2.59 bits per heavy atom. The third kappa shape index (κ3) is 4.50. The molecule has 1 atom stereocenters. The van der Waals surface area contributed by atoms with Gasteiger partial charge in [0.25, 0.3) is 11.6 Å². The number of carbonyl (C=O) groups is 2. The largest absolute Gasteiger partial charge is 0.322 e. The lowest BCUT2D eigenvalue weighted by molar-refractivity contribution is -0.384. The van der Waals surface area contributed by atoms with Crippen LogP contribution in [-0.4, -0.2) is 22.5 Å². The van der Waals surface area contributed by atoms with Crippen molar-refractivity contribution < 1.29 is 14.5 Å². The summed E-state index contributed by atoms with van der Waals surface area (Å²) in [7, 11) is 0. The van der Waals surface area contributed by atoms with Gasteiger partial charge in [0.05, 0.1) is 10.7 Å². The Hall–Kier alpha value is -3.65. The van der Waals surface area contributed by atoms with Crippen LogP contribution in [0.3, 0.4) is 0 Å². The monoisotopic (exact) mass is 447 g/mol. The summed E-state index contributed by atoms with van der Waals surface area (Å²) in [6.07, 6.45) is 0.895. The fourth-order valence-corrected chi connectivity index (χ4v) is 4.75. The zero-order valence-corrected chi connectivity index (χ0v) is 18.2. The third-order valence-corrected chi connectivity index (χ3v) is 6.45. The van der Waals surface area contributed by atoms with E-state index in [4.69, 9.17) is 0 Å². The molecule has 0 saturated carbocycles. The van der Waals surface area contributed by atoms with Crippen LogP contribution in [0.4, 0.5) is 17.1 Å². The number of benzene rings is 3. The Labute approximate surface area is 189 Å². The zero-order chi connectivity index (χ0) is 22.7. The number of thioether (sulfide) groups is 1. The molecule has 162 valence electrons. The van der Waals surface area contributed by atoms with E-state index in [0.717, 1.165) is 17.7 Å². The molecule has 0 bridgehead atoms. The van der Waals surface area contributed by atoms with Crippen molar-refractivity contribution >= 4 is 40.6 Å². The van der Waals surface area contributed by atoms with E-state index < -0.39 is 10.8 Å². The topological polar surface area (TPSA) is 92.6 Å². The molecular weight excluding hydrogens is 426 g/mol. The summed E-state index contributed by atoms with van der Waals surface area (Å²) in [5.41, 5.74) is 3.65. The molecule has 1 aliphatic rings. The van der Waals surface area contributed by atoms with Crippen LogP contribution in [-0.2, 0) is 11.2 Å². The van der Waals surface area contributed by atoms with E-state index in [2.05, 4.69) is 12.2 Å². The van der Waals surface area contributed by atoms with Gasteiger partial charge < -0.3 is 5.32 Å². The molecule has 32 heavy (non-hydrogen) atoms. The number of hydrogen-bond donors (Lipinski definition) is 1. The number of amides is 2. The lowest BCUT2D eigenvalue weighted by atomic mass is 10.1. The molecule has 1 aliphatic heterocycles. The van der Waals surface area contributed by atoms with Gasteiger partial charge in [-0.25, -0.2) is 0 Å². The number of non-ortho nitro benzene ring substituents is 1. The number of nitrogens with zero attached hydrogens (tertiary/aromatic N) is 2. The Morgan fingerprint density at radius 2 is 1.88 bits per heavy atom. The second kappa shape index (κ2) is 9.23. The molecule has 1 N–H and O–H groups in total. The number of rotatable bonds is 6. The van der Waals surface area contributed by atoms with Crippen molar-refractivity contribution in [2.24, 2.45) is 0 Å². The molecule has 0 aliphatic carbocycles. The first-order valence-corrected chi connectivity index (χ1v) is 11.2. The van der Waals surface area contributed by atoms with E-state index in [1.165, 1.54) is 29.8 Å². The molecule has 0 unspecified atom stereocenters. The van der Waals surface area contributed by atoms with E-state index in [1.54, 1.807) is 23.9 Å². The average molecular weight is 448 g/mol. The lowest BCUT2D eigenvalue weighted by Crippen LogP contribution is -2.27. The summed E-state index contributed by atoms with van der Waals surface area (Å²) in [6.45, 7) is 2.08. The maximum Gasteiger partial charge on any atom is 0.270 e. The molecule has 1 heterocycles. The summed E-state index contributed by atoms with van der Waals surface area (Å²) < 4.78 is 0. The number of anilines is 2. The minimum atomic E-state index is -0.534. The second-order valence-electron chi connectivity index (χ2n) is 7.33. The van der Waals surface area contributed by atoms with Crippen LogP contribution < -0.4 is 10.2 Å². The van der Waals surface area contributed by atoms with E-state index in [1.807, 2.05) is 41.3 Å². The standard InChI is InChI=1S/C24H21N3O4S/c1-2-16-5-3-7-20(13-16)26-22(28)15-32-24(26)17-9-11-19(12-10-17)25-23(29)18-6-4-8-21(14-18)27(30)31/h3-14,24H,2,15H2,1H3,(H,25,29)/t24-/m0/s1. The van der Waals surface area contributed by atoms with Gasteiger partial charge in [0.2, 0.25) is 5.91 Å². The number of hydrogen-bond acceptors (Lipinski definition) is 5. The number of carbonyl (C=O) groups excluding carboxylic acids is 2. The highest BCUT2D eigenvalue weighted by Gasteiger charge is 2.34. The molecule has 8 heteroatoms. The van der Waals surface area contributed by atoms with Crippen LogP contribution >= 0.6 is 11.8 Å². The van der Waals surface area contributed by atoms with Crippen molar-refractivity contribution in [3.63, 3.8) is 0 Å². The summed E-state index contributed by atoms with van der Waals surface area (Å²) in [4.78, 5) is 37.3. The van der Waals surface area contributed by atoms with E-state index >= 15 is 0 Å². The summed E-state index contributed by atoms with van der Waals surface area (Å²) in [5.74, 6) is 0.0490. The van der Waals surface area contributed by atoms with Gasteiger partial charge in [-0.3, -0.25) is 24.6 Å². The van der Waals surface area contributed by atoms with E-state index in [0.29, 0.717) is 11.4 Å². The minimum Gasteiger partial charge on any atom is -0.322 e. The fraction of sp³-hybridized carbons (Fsp3) is 0.167. The van der Waals surface area contributed by atoms with Gasteiger partial charge in [0.1, 0.15) is 5.37 Å². The normalized spacial score (nSPS) is 15.6. The van der Waals surface area contributed by atoms with Gasteiger partial charge in [-0.05, 0) is 47.9 Å². The van der Waals surface area contributed by atoms with Crippen LogP contribution in [0.15, 0.2) is 72.8 Å². The minimum absolute atomic E-state index is 0.0660. The highest BCUT2D eigenvalue weighted by molar-refractivity contribution is 8.00. The molecule has 3 aromatic carbocycles. The first-order chi connectivity index (χ1) is 15.5. The van der Waals surface area contributed by atoms with E-state index in [9.17, 15) is 19.7 Å². The van der Waals surface area contributed by atoms with Crippen molar-refractivity contribution in [3.05, 3.63) is 99.6 Å². The predicted molar refractivity (Wildman–Crippen MR) is 126 cm³/mol. The van der Waals surface area contributed by atoms with Crippen LogP contribution in [0.25, 0.3) is 0 Å². The molecule has 0 aromatic heterocycles. The predicted octanol–water partition coefficient (Wildman–Crippen LogP) is 5.19. The van der Waals surface area contributed by atoms with Gasteiger partial charge in [0, 0.05) is 29.1 Å². The number of nitrogens with one attached hydrogen (secondary N) is 1. The molecule has 1 saturated heterocycles. The van der Waals surface area contributed by atoms with Gasteiger partial charge in [0.15, 0.2) is 0 Å². The summed E-state index contributed by atoms with van der Waals surface area (Å²) in [5, 5.41) is 13.5. The maximum atomic E-state index is 12.6. The molecule has 3 aromatic rings. The molecule has 0 spiro atoms. The smallest absolute Gasteiger partial charge is 0.270 e. The Balaban J connectivity index is 1.51. The van der Waals surface area contributed by atoms with Gasteiger partial charge >= 0.3 is 0 Å². The maximum absolute atomic E-state index is 12.6. The number of nitro groups is 1. The highest BCUT2D eigenvalue weighted by Crippen LogP contribution is 2.42.